The number of piperidine rings is 1. The number of hydrogen-bond acceptors (Lipinski definition) is 3. The van der Waals surface area contributed by atoms with E-state index in [1.165, 1.54) is 5.56 Å². The maximum atomic E-state index is 12.7. The summed E-state index contributed by atoms with van der Waals surface area (Å²) < 4.78 is 27.0. The fourth-order valence-corrected chi connectivity index (χ4v) is 4.77. The van der Waals surface area contributed by atoms with E-state index >= 15 is 0 Å². The van der Waals surface area contributed by atoms with Crippen LogP contribution < -0.4 is 11.1 Å². The molecule has 1 fully saturated rings. The standard InChI is InChI=1S/C21H28N4O2S/c1-2-17-7-6-8-19(15-17)24-21(22)23-16-18-9-11-20(12-10-18)28(26,27)25-13-4-3-5-14-25/h6-12,15H,2-5,13-14,16H2,1H3,(H3,22,23,24). The Morgan fingerprint density at radius 3 is 2.46 bits per heavy atom. The first-order valence-corrected chi connectivity index (χ1v) is 11.2. The summed E-state index contributed by atoms with van der Waals surface area (Å²) in [5.74, 6) is 0.332. The number of aryl methyl sites for hydroxylation is 1. The Hall–Kier alpha value is -2.38. The number of anilines is 1. The van der Waals surface area contributed by atoms with Crippen molar-refractivity contribution in [1.29, 1.82) is 0 Å². The monoisotopic (exact) mass is 400 g/mol. The minimum absolute atomic E-state index is 0.332. The van der Waals surface area contributed by atoms with Gasteiger partial charge >= 0.3 is 0 Å². The molecule has 2 aromatic carbocycles. The Labute approximate surface area is 167 Å². The highest BCUT2D eigenvalue weighted by atomic mass is 32.2. The smallest absolute Gasteiger partial charge is 0.243 e. The number of nitrogens with one attached hydrogen (secondary N) is 1. The van der Waals surface area contributed by atoms with Gasteiger partial charge in [-0.1, -0.05) is 37.6 Å². The molecular weight excluding hydrogens is 372 g/mol. The molecule has 7 heteroatoms. The molecule has 0 radical (unpaired) electrons. The Bertz CT molecular complexity index is 918. The second kappa shape index (κ2) is 9.21. The van der Waals surface area contributed by atoms with Crippen LogP contribution in [0.25, 0.3) is 0 Å². The van der Waals surface area contributed by atoms with Gasteiger partial charge in [-0.25, -0.2) is 13.4 Å². The Balaban J connectivity index is 1.62. The second-order valence-corrected chi connectivity index (χ2v) is 8.93. The zero-order valence-corrected chi connectivity index (χ0v) is 17.1. The van der Waals surface area contributed by atoms with Crippen molar-refractivity contribution < 1.29 is 8.42 Å². The highest BCUT2D eigenvalue weighted by molar-refractivity contribution is 7.89. The molecular formula is C21H28N4O2S. The number of nitrogens with zero attached hydrogens (tertiary/aromatic N) is 2. The third kappa shape index (κ3) is 5.11. The lowest BCUT2D eigenvalue weighted by Crippen LogP contribution is -2.35. The predicted octanol–water partition coefficient (Wildman–Crippen LogP) is 3.35. The zero-order valence-electron chi connectivity index (χ0n) is 16.3. The average Bonchev–Trinajstić information content (AvgIpc) is 2.73. The molecule has 0 amide bonds. The first-order valence-electron chi connectivity index (χ1n) is 9.74. The van der Waals surface area contributed by atoms with Gasteiger partial charge in [-0.05, 0) is 54.7 Å². The van der Waals surface area contributed by atoms with Crippen molar-refractivity contribution in [3.63, 3.8) is 0 Å². The van der Waals surface area contributed by atoms with E-state index in [1.807, 2.05) is 18.2 Å². The molecule has 0 saturated carbocycles. The number of aliphatic imine (C=N–C) groups is 1. The van der Waals surface area contributed by atoms with Crippen LogP contribution in [0, 0.1) is 0 Å². The average molecular weight is 401 g/mol. The fourth-order valence-electron chi connectivity index (χ4n) is 3.25. The van der Waals surface area contributed by atoms with Gasteiger partial charge < -0.3 is 11.1 Å². The number of guanidine groups is 1. The highest BCUT2D eigenvalue weighted by Gasteiger charge is 2.25. The van der Waals surface area contributed by atoms with E-state index in [-0.39, 0.29) is 0 Å². The number of sulfonamides is 1. The Morgan fingerprint density at radius 2 is 1.79 bits per heavy atom. The SMILES string of the molecule is CCc1cccc(NC(N)=NCc2ccc(S(=O)(=O)N3CCCCC3)cc2)c1. The normalized spacial score (nSPS) is 16.1. The quantitative estimate of drug-likeness (QED) is 0.575. The van der Waals surface area contributed by atoms with E-state index in [0.29, 0.717) is 30.5 Å². The maximum absolute atomic E-state index is 12.7. The molecule has 0 spiro atoms. The van der Waals surface area contributed by atoms with Crippen molar-refractivity contribution in [3.05, 3.63) is 59.7 Å². The number of nitrogens with two attached hydrogens (primary N) is 1. The molecule has 1 saturated heterocycles. The maximum Gasteiger partial charge on any atom is 0.243 e. The largest absolute Gasteiger partial charge is 0.370 e. The summed E-state index contributed by atoms with van der Waals surface area (Å²) in [6, 6.07) is 14.9. The van der Waals surface area contributed by atoms with Gasteiger partial charge in [0.15, 0.2) is 5.96 Å². The van der Waals surface area contributed by atoms with E-state index in [9.17, 15) is 8.42 Å². The van der Waals surface area contributed by atoms with E-state index in [2.05, 4.69) is 23.3 Å². The van der Waals surface area contributed by atoms with Crippen molar-refractivity contribution in [2.24, 2.45) is 10.7 Å². The van der Waals surface area contributed by atoms with Gasteiger partial charge in [0.1, 0.15) is 0 Å². The summed E-state index contributed by atoms with van der Waals surface area (Å²) >= 11 is 0. The third-order valence-corrected chi connectivity index (χ3v) is 6.83. The second-order valence-electron chi connectivity index (χ2n) is 6.99. The summed E-state index contributed by atoms with van der Waals surface area (Å²) in [7, 11) is -3.40. The van der Waals surface area contributed by atoms with Gasteiger partial charge in [0.25, 0.3) is 0 Å². The van der Waals surface area contributed by atoms with E-state index < -0.39 is 10.0 Å². The fraction of sp³-hybridized carbons (Fsp3) is 0.381. The minimum Gasteiger partial charge on any atom is -0.370 e. The van der Waals surface area contributed by atoms with E-state index in [4.69, 9.17) is 5.73 Å². The van der Waals surface area contributed by atoms with Crippen molar-refractivity contribution in [1.82, 2.24) is 4.31 Å². The van der Waals surface area contributed by atoms with Crippen LogP contribution in [0.3, 0.4) is 0 Å². The summed E-state index contributed by atoms with van der Waals surface area (Å²) in [6.07, 6.45) is 3.92. The summed E-state index contributed by atoms with van der Waals surface area (Å²) in [5, 5.41) is 3.09. The Kier molecular flexibility index (Phi) is 6.70. The molecule has 0 atom stereocenters. The van der Waals surface area contributed by atoms with Gasteiger partial charge in [0, 0.05) is 18.8 Å². The molecule has 0 aliphatic carbocycles. The van der Waals surface area contributed by atoms with Crippen LogP contribution in [-0.4, -0.2) is 31.8 Å². The lowest BCUT2D eigenvalue weighted by molar-refractivity contribution is 0.346. The van der Waals surface area contributed by atoms with Crippen LogP contribution in [-0.2, 0) is 23.0 Å². The number of hydrogen-bond donors (Lipinski definition) is 2. The first-order chi connectivity index (χ1) is 13.5. The summed E-state index contributed by atoms with van der Waals surface area (Å²) in [5.41, 5.74) is 9.02. The van der Waals surface area contributed by atoms with Gasteiger partial charge in [-0.15, -0.1) is 0 Å². The van der Waals surface area contributed by atoms with Crippen LogP contribution in [0.1, 0.15) is 37.3 Å². The topological polar surface area (TPSA) is 87.8 Å². The van der Waals surface area contributed by atoms with Crippen LogP contribution in [0.15, 0.2) is 58.4 Å². The molecule has 0 aromatic heterocycles. The van der Waals surface area contributed by atoms with Crippen LogP contribution >= 0.6 is 0 Å². The molecule has 28 heavy (non-hydrogen) atoms. The van der Waals surface area contributed by atoms with Gasteiger partial charge in [0.2, 0.25) is 10.0 Å². The van der Waals surface area contributed by atoms with Crippen molar-refractivity contribution >= 4 is 21.7 Å². The van der Waals surface area contributed by atoms with Crippen molar-refractivity contribution in [3.8, 4) is 0 Å². The lowest BCUT2D eigenvalue weighted by Gasteiger charge is -2.25. The van der Waals surface area contributed by atoms with Crippen molar-refractivity contribution in [2.75, 3.05) is 18.4 Å². The minimum atomic E-state index is -3.40. The number of benzene rings is 2. The Morgan fingerprint density at radius 1 is 1.07 bits per heavy atom. The number of rotatable bonds is 6. The molecule has 0 unspecified atom stereocenters. The summed E-state index contributed by atoms with van der Waals surface area (Å²) in [6.45, 7) is 3.70. The van der Waals surface area contributed by atoms with Crippen LogP contribution in [0.4, 0.5) is 5.69 Å². The third-order valence-electron chi connectivity index (χ3n) is 4.92. The molecule has 1 aliphatic heterocycles. The first kappa shape index (κ1) is 20.4. The lowest BCUT2D eigenvalue weighted by atomic mass is 10.1. The summed E-state index contributed by atoms with van der Waals surface area (Å²) in [4.78, 5) is 4.69. The molecule has 1 heterocycles. The molecule has 6 nitrogen and oxygen atoms in total. The molecule has 150 valence electrons. The van der Waals surface area contributed by atoms with E-state index in [0.717, 1.165) is 36.9 Å². The molecule has 1 aliphatic rings. The molecule has 2 aromatic rings. The van der Waals surface area contributed by atoms with Gasteiger partial charge in [0.05, 0.1) is 11.4 Å². The highest BCUT2D eigenvalue weighted by Crippen LogP contribution is 2.21. The van der Waals surface area contributed by atoms with Gasteiger partial charge in [-0.2, -0.15) is 4.31 Å². The predicted molar refractivity (Wildman–Crippen MR) is 114 cm³/mol. The van der Waals surface area contributed by atoms with Gasteiger partial charge in [-0.3, -0.25) is 0 Å². The molecule has 0 bridgehead atoms. The zero-order chi connectivity index (χ0) is 20.0. The molecule has 3 N–H and O–H groups in total. The van der Waals surface area contributed by atoms with Crippen LogP contribution in [0.5, 0.6) is 0 Å². The van der Waals surface area contributed by atoms with Crippen LogP contribution in [0.2, 0.25) is 0 Å². The van der Waals surface area contributed by atoms with E-state index in [1.54, 1.807) is 28.6 Å². The molecule has 3 rings (SSSR count). The van der Waals surface area contributed by atoms with Crippen molar-refractivity contribution in [2.45, 2.75) is 44.0 Å².